The van der Waals surface area contributed by atoms with Crippen molar-refractivity contribution in [1.29, 1.82) is 0 Å². The Kier molecular flexibility index (Phi) is 5.14. The SMILES string of the molecule is CCCn1cc(Oc2cc(NCC)nc(C(C)C)n2)cn1. The molecule has 2 heterocycles. The second-order valence-corrected chi connectivity index (χ2v) is 5.18. The molecule has 0 amide bonds. The summed E-state index contributed by atoms with van der Waals surface area (Å²) in [5, 5.41) is 7.45. The van der Waals surface area contributed by atoms with Gasteiger partial charge in [0.2, 0.25) is 5.88 Å². The van der Waals surface area contributed by atoms with Gasteiger partial charge in [-0.15, -0.1) is 0 Å². The summed E-state index contributed by atoms with van der Waals surface area (Å²) in [7, 11) is 0. The molecule has 6 heteroatoms. The third-order valence-electron chi connectivity index (χ3n) is 2.88. The molecule has 0 unspecified atom stereocenters. The van der Waals surface area contributed by atoms with Crippen molar-refractivity contribution in [2.75, 3.05) is 11.9 Å². The molecule has 0 bridgehead atoms. The third-order valence-corrected chi connectivity index (χ3v) is 2.88. The van der Waals surface area contributed by atoms with Gasteiger partial charge in [-0.2, -0.15) is 10.1 Å². The highest BCUT2D eigenvalue weighted by Crippen LogP contribution is 2.23. The molecular weight excluding hydrogens is 266 g/mol. The molecule has 21 heavy (non-hydrogen) atoms. The van der Waals surface area contributed by atoms with Gasteiger partial charge in [0.15, 0.2) is 5.75 Å². The molecule has 0 aliphatic rings. The molecule has 2 aromatic heterocycles. The lowest BCUT2D eigenvalue weighted by Gasteiger charge is -2.10. The summed E-state index contributed by atoms with van der Waals surface area (Å²) in [5.74, 6) is 3.03. The van der Waals surface area contributed by atoms with E-state index in [9.17, 15) is 0 Å². The van der Waals surface area contributed by atoms with Crippen molar-refractivity contribution in [1.82, 2.24) is 19.7 Å². The largest absolute Gasteiger partial charge is 0.436 e. The summed E-state index contributed by atoms with van der Waals surface area (Å²) in [5.41, 5.74) is 0. The van der Waals surface area contributed by atoms with Crippen LogP contribution in [0.5, 0.6) is 11.6 Å². The van der Waals surface area contributed by atoms with Crippen LogP contribution in [-0.4, -0.2) is 26.3 Å². The van der Waals surface area contributed by atoms with Gasteiger partial charge in [0.1, 0.15) is 11.6 Å². The Hall–Kier alpha value is -2.11. The van der Waals surface area contributed by atoms with Crippen LogP contribution in [0.15, 0.2) is 18.5 Å². The molecule has 0 saturated heterocycles. The normalized spacial score (nSPS) is 10.9. The first-order valence-electron chi connectivity index (χ1n) is 7.45. The van der Waals surface area contributed by atoms with Gasteiger partial charge in [-0.3, -0.25) is 4.68 Å². The van der Waals surface area contributed by atoms with Gasteiger partial charge in [0.25, 0.3) is 0 Å². The lowest BCUT2D eigenvalue weighted by atomic mass is 10.2. The molecule has 1 N–H and O–H groups in total. The number of rotatable bonds is 7. The predicted octanol–water partition coefficient (Wildman–Crippen LogP) is 3.43. The summed E-state index contributed by atoms with van der Waals surface area (Å²) < 4.78 is 7.67. The Bertz CT molecular complexity index is 579. The van der Waals surface area contributed by atoms with Crippen LogP contribution in [-0.2, 0) is 6.54 Å². The Labute approximate surface area is 125 Å². The molecule has 0 radical (unpaired) electrons. The first-order chi connectivity index (χ1) is 10.1. The second-order valence-electron chi connectivity index (χ2n) is 5.18. The molecule has 0 aromatic carbocycles. The number of ether oxygens (including phenoxy) is 1. The van der Waals surface area contributed by atoms with E-state index in [0.29, 0.717) is 11.6 Å². The quantitative estimate of drug-likeness (QED) is 0.846. The molecule has 2 rings (SSSR count). The fourth-order valence-electron chi connectivity index (χ4n) is 1.89. The van der Waals surface area contributed by atoms with E-state index in [-0.39, 0.29) is 5.92 Å². The molecule has 0 aliphatic heterocycles. The maximum atomic E-state index is 5.81. The van der Waals surface area contributed by atoms with E-state index in [4.69, 9.17) is 4.74 Å². The number of anilines is 1. The second kappa shape index (κ2) is 7.06. The van der Waals surface area contributed by atoms with Gasteiger partial charge in [0, 0.05) is 25.1 Å². The molecule has 114 valence electrons. The van der Waals surface area contributed by atoms with Crippen LogP contribution in [0.4, 0.5) is 5.82 Å². The zero-order valence-electron chi connectivity index (χ0n) is 13.1. The number of hydrogen-bond acceptors (Lipinski definition) is 5. The van der Waals surface area contributed by atoms with E-state index >= 15 is 0 Å². The minimum atomic E-state index is 0.244. The van der Waals surface area contributed by atoms with Gasteiger partial charge < -0.3 is 10.1 Å². The summed E-state index contributed by atoms with van der Waals surface area (Å²) in [6.45, 7) is 9.97. The van der Waals surface area contributed by atoms with E-state index in [2.05, 4.69) is 41.2 Å². The number of nitrogens with one attached hydrogen (secondary N) is 1. The minimum absolute atomic E-state index is 0.244. The van der Waals surface area contributed by atoms with Gasteiger partial charge in [0.05, 0.1) is 12.4 Å². The predicted molar refractivity (Wildman–Crippen MR) is 82.9 cm³/mol. The van der Waals surface area contributed by atoms with E-state index < -0.39 is 0 Å². The van der Waals surface area contributed by atoms with Crippen molar-refractivity contribution in [2.45, 2.75) is 46.6 Å². The van der Waals surface area contributed by atoms with E-state index in [1.54, 1.807) is 6.20 Å². The van der Waals surface area contributed by atoms with Crippen molar-refractivity contribution >= 4 is 5.82 Å². The molecule has 0 spiro atoms. The summed E-state index contributed by atoms with van der Waals surface area (Å²) >= 11 is 0. The van der Waals surface area contributed by atoms with Crippen LogP contribution in [0.3, 0.4) is 0 Å². The summed E-state index contributed by atoms with van der Waals surface area (Å²) in [6.07, 6.45) is 4.63. The maximum absolute atomic E-state index is 5.81. The van der Waals surface area contributed by atoms with Crippen molar-refractivity contribution in [2.24, 2.45) is 0 Å². The fraction of sp³-hybridized carbons (Fsp3) is 0.533. The van der Waals surface area contributed by atoms with Gasteiger partial charge in [-0.25, -0.2) is 4.98 Å². The number of aryl methyl sites for hydroxylation is 1. The van der Waals surface area contributed by atoms with Gasteiger partial charge in [-0.05, 0) is 13.3 Å². The highest BCUT2D eigenvalue weighted by molar-refractivity contribution is 5.39. The van der Waals surface area contributed by atoms with Crippen LogP contribution in [0, 0.1) is 0 Å². The Morgan fingerprint density at radius 3 is 2.76 bits per heavy atom. The van der Waals surface area contributed by atoms with Crippen LogP contribution in [0.25, 0.3) is 0 Å². The lowest BCUT2D eigenvalue weighted by Crippen LogP contribution is -2.05. The van der Waals surface area contributed by atoms with Crippen LogP contribution in [0.1, 0.15) is 45.9 Å². The highest BCUT2D eigenvalue weighted by Gasteiger charge is 2.10. The standard InChI is InChI=1S/C15H23N5O/c1-5-7-20-10-12(9-17-20)21-14-8-13(16-6-2)18-15(19-14)11(3)4/h8-11H,5-7H2,1-4H3,(H,16,18,19). The van der Waals surface area contributed by atoms with Crippen molar-refractivity contribution in [3.05, 3.63) is 24.3 Å². The van der Waals surface area contributed by atoms with Crippen LogP contribution < -0.4 is 10.1 Å². The summed E-state index contributed by atoms with van der Waals surface area (Å²) in [6, 6.07) is 1.81. The first kappa shape index (κ1) is 15.3. The molecule has 0 fully saturated rings. The zero-order chi connectivity index (χ0) is 15.2. The summed E-state index contributed by atoms with van der Waals surface area (Å²) in [4.78, 5) is 8.93. The van der Waals surface area contributed by atoms with Gasteiger partial charge >= 0.3 is 0 Å². The van der Waals surface area contributed by atoms with Crippen LogP contribution in [0.2, 0.25) is 0 Å². The number of aromatic nitrogens is 4. The average molecular weight is 289 g/mol. The van der Waals surface area contributed by atoms with E-state index in [0.717, 1.165) is 31.2 Å². The smallest absolute Gasteiger partial charge is 0.224 e. The Morgan fingerprint density at radius 2 is 2.10 bits per heavy atom. The van der Waals surface area contributed by atoms with Crippen LogP contribution >= 0.6 is 0 Å². The van der Waals surface area contributed by atoms with Gasteiger partial charge in [-0.1, -0.05) is 20.8 Å². The Morgan fingerprint density at radius 1 is 1.29 bits per heavy atom. The monoisotopic (exact) mass is 289 g/mol. The number of nitrogens with zero attached hydrogens (tertiary/aromatic N) is 4. The first-order valence-corrected chi connectivity index (χ1v) is 7.45. The van der Waals surface area contributed by atoms with Crippen molar-refractivity contribution < 1.29 is 4.74 Å². The minimum Gasteiger partial charge on any atom is -0.436 e. The van der Waals surface area contributed by atoms with Crippen molar-refractivity contribution in [3.63, 3.8) is 0 Å². The maximum Gasteiger partial charge on any atom is 0.224 e. The number of hydrogen-bond donors (Lipinski definition) is 1. The third kappa shape index (κ3) is 4.18. The van der Waals surface area contributed by atoms with E-state index in [1.165, 1.54) is 0 Å². The average Bonchev–Trinajstić information content (AvgIpc) is 2.86. The van der Waals surface area contributed by atoms with E-state index in [1.807, 2.05) is 23.9 Å². The molecule has 0 aliphatic carbocycles. The fourth-order valence-corrected chi connectivity index (χ4v) is 1.89. The molecule has 0 atom stereocenters. The topological polar surface area (TPSA) is 64.9 Å². The Balaban J connectivity index is 2.20. The van der Waals surface area contributed by atoms with Crippen molar-refractivity contribution in [3.8, 4) is 11.6 Å². The molecule has 0 saturated carbocycles. The highest BCUT2D eigenvalue weighted by atomic mass is 16.5. The zero-order valence-corrected chi connectivity index (χ0v) is 13.1. The molecule has 2 aromatic rings. The molecule has 6 nitrogen and oxygen atoms in total. The molecular formula is C15H23N5O. The lowest BCUT2D eigenvalue weighted by molar-refractivity contribution is 0.456.